The average molecular weight is 273 g/mol. The minimum absolute atomic E-state index is 0.108. The van der Waals surface area contributed by atoms with E-state index in [4.69, 9.17) is 5.73 Å². The SMILES string of the molecule is Cc1nc2nc(N)[nH]n2c(=O)c1Cc1ccccc1F. The van der Waals surface area contributed by atoms with Crippen LogP contribution in [0.3, 0.4) is 0 Å². The first-order chi connectivity index (χ1) is 9.56. The van der Waals surface area contributed by atoms with Gasteiger partial charge in [-0.15, -0.1) is 0 Å². The lowest BCUT2D eigenvalue weighted by Crippen LogP contribution is -2.22. The topological polar surface area (TPSA) is 89.1 Å². The molecule has 0 fully saturated rings. The highest BCUT2D eigenvalue weighted by atomic mass is 19.1. The van der Waals surface area contributed by atoms with Crippen LogP contribution in [0, 0.1) is 12.7 Å². The smallest absolute Gasteiger partial charge is 0.277 e. The van der Waals surface area contributed by atoms with Gasteiger partial charge in [0.15, 0.2) is 0 Å². The molecule has 0 saturated carbocycles. The van der Waals surface area contributed by atoms with Gasteiger partial charge in [-0.1, -0.05) is 18.2 Å². The van der Waals surface area contributed by atoms with Gasteiger partial charge in [0.05, 0.1) is 5.69 Å². The number of aryl methyl sites for hydroxylation is 1. The van der Waals surface area contributed by atoms with Crippen LogP contribution in [-0.4, -0.2) is 19.6 Å². The van der Waals surface area contributed by atoms with Crippen LogP contribution in [-0.2, 0) is 6.42 Å². The lowest BCUT2D eigenvalue weighted by molar-refractivity contribution is 0.613. The van der Waals surface area contributed by atoms with E-state index in [0.717, 1.165) is 0 Å². The number of nitrogens with one attached hydrogen (secondary N) is 1. The number of hydrogen-bond acceptors (Lipinski definition) is 4. The van der Waals surface area contributed by atoms with Gasteiger partial charge in [0, 0.05) is 12.0 Å². The number of nitrogens with two attached hydrogens (primary N) is 1. The lowest BCUT2D eigenvalue weighted by Gasteiger charge is -2.05. The summed E-state index contributed by atoms with van der Waals surface area (Å²) >= 11 is 0. The van der Waals surface area contributed by atoms with Crippen LogP contribution >= 0.6 is 0 Å². The van der Waals surface area contributed by atoms with E-state index in [2.05, 4.69) is 15.1 Å². The second-order valence-corrected chi connectivity index (χ2v) is 4.49. The summed E-state index contributed by atoms with van der Waals surface area (Å²) in [7, 11) is 0. The molecular weight excluding hydrogens is 261 g/mol. The normalized spacial score (nSPS) is 11.1. The molecule has 102 valence electrons. The van der Waals surface area contributed by atoms with Crippen molar-refractivity contribution in [2.45, 2.75) is 13.3 Å². The molecule has 20 heavy (non-hydrogen) atoms. The van der Waals surface area contributed by atoms with E-state index in [9.17, 15) is 9.18 Å². The summed E-state index contributed by atoms with van der Waals surface area (Å²) in [6.07, 6.45) is 0.173. The highest BCUT2D eigenvalue weighted by Gasteiger charge is 2.14. The fraction of sp³-hybridized carbons (Fsp3) is 0.154. The van der Waals surface area contributed by atoms with E-state index in [1.807, 2.05) is 0 Å². The van der Waals surface area contributed by atoms with Gasteiger partial charge in [0.25, 0.3) is 11.3 Å². The Morgan fingerprint density at radius 1 is 1.35 bits per heavy atom. The molecule has 0 unspecified atom stereocenters. The van der Waals surface area contributed by atoms with Crippen LogP contribution in [0.15, 0.2) is 29.1 Å². The number of rotatable bonds is 2. The number of nitrogen functional groups attached to an aromatic ring is 1. The van der Waals surface area contributed by atoms with Crippen LogP contribution in [0.25, 0.3) is 5.78 Å². The van der Waals surface area contributed by atoms with Crippen molar-refractivity contribution in [3.63, 3.8) is 0 Å². The van der Waals surface area contributed by atoms with Crippen LogP contribution in [0.1, 0.15) is 16.8 Å². The summed E-state index contributed by atoms with van der Waals surface area (Å²) in [5, 5.41) is 2.61. The first-order valence-corrected chi connectivity index (χ1v) is 6.03. The number of hydrogen-bond donors (Lipinski definition) is 2. The number of aromatic amines is 1. The molecular formula is C13H12FN5O. The van der Waals surface area contributed by atoms with Crippen LogP contribution in [0.2, 0.25) is 0 Å². The summed E-state index contributed by atoms with van der Waals surface area (Å²) in [6.45, 7) is 1.70. The van der Waals surface area contributed by atoms with E-state index in [0.29, 0.717) is 16.8 Å². The van der Waals surface area contributed by atoms with E-state index in [-0.39, 0.29) is 29.5 Å². The molecule has 0 radical (unpaired) electrons. The maximum Gasteiger partial charge on any atom is 0.277 e. The third-order valence-corrected chi connectivity index (χ3v) is 3.14. The van der Waals surface area contributed by atoms with Crippen LogP contribution in [0.5, 0.6) is 0 Å². The molecule has 7 heteroatoms. The zero-order valence-electron chi connectivity index (χ0n) is 10.7. The number of benzene rings is 1. The molecule has 3 aromatic rings. The van der Waals surface area contributed by atoms with Crippen molar-refractivity contribution in [1.29, 1.82) is 0 Å². The Morgan fingerprint density at radius 2 is 2.10 bits per heavy atom. The first-order valence-electron chi connectivity index (χ1n) is 6.03. The predicted octanol–water partition coefficient (Wildman–Crippen LogP) is 1.04. The molecule has 0 aliphatic carbocycles. The number of aromatic nitrogens is 4. The third-order valence-electron chi connectivity index (χ3n) is 3.14. The fourth-order valence-corrected chi connectivity index (χ4v) is 2.11. The molecule has 0 saturated heterocycles. The van der Waals surface area contributed by atoms with Gasteiger partial charge < -0.3 is 5.73 Å². The second-order valence-electron chi connectivity index (χ2n) is 4.49. The van der Waals surface area contributed by atoms with Crippen molar-refractivity contribution < 1.29 is 4.39 Å². The molecule has 0 aliphatic heterocycles. The minimum Gasteiger partial charge on any atom is -0.368 e. The van der Waals surface area contributed by atoms with Gasteiger partial charge in [0.1, 0.15) is 5.82 Å². The second kappa shape index (κ2) is 4.44. The van der Waals surface area contributed by atoms with E-state index in [1.54, 1.807) is 25.1 Å². The molecule has 0 amide bonds. The summed E-state index contributed by atoms with van der Waals surface area (Å²) in [6, 6.07) is 6.34. The Balaban J connectivity index is 2.17. The Morgan fingerprint density at radius 3 is 2.85 bits per heavy atom. The van der Waals surface area contributed by atoms with E-state index < -0.39 is 0 Å². The highest BCUT2D eigenvalue weighted by molar-refractivity contribution is 5.38. The zero-order chi connectivity index (χ0) is 14.3. The van der Waals surface area contributed by atoms with Gasteiger partial charge in [-0.25, -0.2) is 9.37 Å². The number of nitrogens with zero attached hydrogens (tertiary/aromatic N) is 3. The van der Waals surface area contributed by atoms with Gasteiger partial charge in [-0.3, -0.25) is 9.89 Å². The molecule has 2 heterocycles. The molecule has 3 rings (SSSR count). The van der Waals surface area contributed by atoms with Crippen molar-refractivity contribution in [3.8, 4) is 0 Å². The summed E-state index contributed by atoms with van der Waals surface area (Å²) in [4.78, 5) is 20.5. The Labute approximate surface area is 113 Å². The Hall–Kier alpha value is -2.70. The quantitative estimate of drug-likeness (QED) is 0.730. The fourth-order valence-electron chi connectivity index (χ4n) is 2.11. The summed E-state index contributed by atoms with van der Waals surface area (Å²) in [5.41, 5.74) is 6.57. The molecule has 0 aliphatic rings. The largest absolute Gasteiger partial charge is 0.368 e. The van der Waals surface area contributed by atoms with E-state index in [1.165, 1.54) is 10.6 Å². The number of fused-ring (bicyclic) bond motifs is 1. The number of H-pyrrole nitrogens is 1. The van der Waals surface area contributed by atoms with Crippen molar-refractivity contribution in [1.82, 2.24) is 19.6 Å². The summed E-state index contributed by atoms with van der Waals surface area (Å²) < 4.78 is 14.9. The van der Waals surface area contributed by atoms with Crippen LogP contribution in [0.4, 0.5) is 10.3 Å². The maximum atomic E-state index is 13.7. The van der Waals surface area contributed by atoms with Gasteiger partial charge in [-0.2, -0.15) is 9.50 Å². The van der Waals surface area contributed by atoms with Crippen LogP contribution < -0.4 is 11.3 Å². The maximum absolute atomic E-state index is 13.7. The lowest BCUT2D eigenvalue weighted by atomic mass is 10.0. The van der Waals surface area contributed by atoms with Gasteiger partial charge >= 0.3 is 0 Å². The molecule has 2 aromatic heterocycles. The first kappa shape index (κ1) is 12.3. The van der Waals surface area contributed by atoms with Crippen molar-refractivity contribution in [2.24, 2.45) is 0 Å². The highest BCUT2D eigenvalue weighted by Crippen LogP contribution is 2.13. The van der Waals surface area contributed by atoms with Gasteiger partial charge in [0.2, 0.25) is 5.95 Å². The molecule has 0 bridgehead atoms. The minimum atomic E-state index is -0.347. The third kappa shape index (κ3) is 1.93. The molecule has 3 N–H and O–H groups in total. The average Bonchev–Trinajstić information content (AvgIpc) is 2.77. The molecule has 0 atom stereocenters. The predicted molar refractivity (Wildman–Crippen MR) is 72.0 cm³/mol. The zero-order valence-corrected chi connectivity index (χ0v) is 10.7. The molecule has 0 spiro atoms. The Kier molecular flexibility index (Phi) is 2.74. The van der Waals surface area contributed by atoms with Crippen molar-refractivity contribution in [2.75, 3.05) is 5.73 Å². The summed E-state index contributed by atoms with van der Waals surface area (Å²) in [5.74, 6) is -0.0279. The Bertz CT molecular complexity index is 852. The van der Waals surface area contributed by atoms with Crippen molar-refractivity contribution >= 4 is 11.7 Å². The molecule has 1 aromatic carbocycles. The van der Waals surface area contributed by atoms with Gasteiger partial charge in [-0.05, 0) is 18.6 Å². The molecule has 6 nitrogen and oxygen atoms in total. The number of anilines is 1. The standard InChI is InChI=1S/C13H12FN5O/c1-7-9(6-8-4-2-3-5-10(8)14)11(20)19-13(16-7)17-12(15)18-19/h2-5H,6H2,1H3,(H3,15,16,17,18). The monoisotopic (exact) mass is 273 g/mol. The van der Waals surface area contributed by atoms with E-state index >= 15 is 0 Å². The number of halogens is 1. The van der Waals surface area contributed by atoms with Crippen molar-refractivity contribution in [3.05, 3.63) is 57.3 Å².